The second-order valence-electron chi connectivity index (χ2n) is 6.60. The van der Waals surface area contributed by atoms with Gasteiger partial charge in [-0.15, -0.1) is 0 Å². The highest BCUT2D eigenvalue weighted by Gasteiger charge is 2.10. The molecule has 5 heteroatoms. The van der Waals surface area contributed by atoms with E-state index >= 15 is 0 Å². The number of benzene rings is 2. The van der Waals surface area contributed by atoms with Crippen LogP contribution in [0.15, 0.2) is 65.9 Å². The SMILES string of the molecule is NC(=NCCc1ccc(-n2cccn2)cc1)Nc1ccc2c(c1)CCC2. The fraction of sp³-hybridized carbons (Fsp3) is 0.238. The molecule has 4 rings (SSSR count). The maximum atomic E-state index is 6.03. The number of nitrogens with two attached hydrogens (primary N) is 1. The van der Waals surface area contributed by atoms with Crippen LogP contribution in [0.4, 0.5) is 5.69 Å². The molecule has 0 unspecified atom stereocenters. The first-order valence-corrected chi connectivity index (χ1v) is 9.06. The van der Waals surface area contributed by atoms with Crippen molar-refractivity contribution in [2.24, 2.45) is 10.7 Å². The predicted octanol–water partition coefficient (Wildman–Crippen LogP) is 3.33. The van der Waals surface area contributed by atoms with Gasteiger partial charge in [-0.1, -0.05) is 18.2 Å². The molecule has 3 aromatic rings. The number of rotatable bonds is 5. The summed E-state index contributed by atoms with van der Waals surface area (Å²) in [6.07, 6.45) is 8.17. The van der Waals surface area contributed by atoms with E-state index in [-0.39, 0.29) is 0 Å². The highest BCUT2D eigenvalue weighted by atomic mass is 15.3. The summed E-state index contributed by atoms with van der Waals surface area (Å²) in [5.41, 5.74) is 12.2. The Morgan fingerprint density at radius 1 is 1.12 bits per heavy atom. The van der Waals surface area contributed by atoms with Crippen molar-refractivity contribution >= 4 is 11.6 Å². The molecule has 0 spiro atoms. The molecule has 5 nitrogen and oxygen atoms in total. The van der Waals surface area contributed by atoms with E-state index in [0.29, 0.717) is 12.5 Å². The van der Waals surface area contributed by atoms with Gasteiger partial charge < -0.3 is 11.1 Å². The van der Waals surface area contributed by atoms with E-state index in [1.54, 1.807) is 6.20 Å². The monoisotopic (exact) mass is 345 g/mol. The second-order valence-corrected chi connectivity index (χ2v) is 6.60. The van der Waals surface area contributed by atoms with Crippen LogP contribution in [-0.4, -0.2) is 22.3 Å². The van der Waals surface area contributed by atoms with Crippen LogP contribution in [0.1, 0.15) is 23.1 Å². The first-order valence-electron chi connectivity index (χ1n) is 9.06. The van der Waals surface area contributed by atoms with Crippen LogP contribution in [0, 0.1) is 0 Å². The highest BCUT2D eigenvalue weighted by Crippen LogP contribution is 2.24. The largest absolute Gasteiger partial charge is 0.370 e. The summed E-state index contributed by atoms with van der Waals surface area (Å²) >= 11 is 0. The first kappa shape index (κ1) is 16.4. The van der Waals surface area contributed by atoms with Gasteiger partial charge in [-0.25, -0.2) is 4.68 Å². The normalized spacial score (nSPS) is 13.6. The van der Waals surface area contributed by atoms with Crippen molar-refractivity contribution in [1.29, 1.82) is 0 Å². The van der Waals surface area contributed by atoms with Crippen molar-refractivity contribution in [3.05, 3.63) is 77.6 Å². The van der Waals surface area contributed by atoms with E-state index in [4.69, 9.17) is 5.73 Å². The number of nitrogens with zero attached hydrogens (tertiary/aromatic N) is 3. The third-order valence-electron chi connectivity index (χ3n) is 4.76. The van der Waals surface area contributed by atoms with Gasteiger partial charge in [0, 0.05) is 24.6 Å². The van der Waals surface area contributed by atoms with Crippen LogP contribution in [0.25, 0.3) is 5.69 Å². The molecule has 1 aliphatic rings. The molecular formula is C21H23N5. The third kappa shape index (κ3) is 3.77. The Labute approximate surface area is 153 Å². The molecule has 0 radical (unpaired) electrons. The standard InChI is InChI=1S/C21H23N5/c22-21(25-19-8-7-17-3-1-4-18(17)15-19)23-13-11-16-5-9-20(10-6-16)26-14-2-12-24-26/h2,5-10,12,14-15H,1,3-4,11,13H2,(H3,22,23,25). The molecule has 1 aromatic heterocycles. The van der Waals surface area contributed by atoms with Gasteiger partial charge in [-0.05, 0) is 72.7 Å². The van der Waals surface area contributed by atoms with Gasteiger partial charge in [0.15, 0.2) is 5.96 Å². The van der Waals surface area contributed by atoms with Gasteiger partial charge in [-0.3, -0.25) is 4.99 Å². The molecule has 0 bridgehead atoms. The highest BCUT2D eigenvalue weighted by molar-refractivity contribution is 5.92. The van der Waals surface area contributed by atoms with Gasteiger partial charge in [0.25, 0.3) is 0 Å². The number of hydrogen-bond donors (Lipinski definition) is 2. The van der Waals surface area contributed by atoms with E-state index < -0.39 is 0 Å². The van der Waals surface area contributed by atoms with Gasteiger partial charge in [0.2, 0.25) is 0 Å². The van der Waals surface area contributed by atoms with Crippen LogP contribution in [0.2, 0.25) is 0 Å². The van der Waals surface area contributed by atoms with E-state index in [1.807, 2.05) is 16.9 Å². The summed E-state index contributed by atoms with van der Waals surface area (Å²) in [7, 11) is 0. The van der Waals surface area contributed by atoms with Crippen LogP contribution >= 0.6 is 0 Å². The molecule has 0 saturated carbocycles. The van der Waals surface area contributed by atoms with Gasteiger partial charge in [0.05, 0.1) is 5.69 Å². The van der Waals surface area contributed by atoms with Crippen molar-refractivity contribution in [1.82, 2.24) is 9.78 Å². The summed E-state index contributed by atoms with van der Waals surface area (Å²) in [6, 6.07) is 16.7. The maximum Gasteiger partial charge on any atom is 0.193 e. The van der Waals surface area contributed by atoms with Gasteiger partial charge in [0.1, 0.15) is 0 Å². The summed E-state index contributed by atoms with van der Waals surface area (Å²) < 4.78 is 1.85. The van der Waals surface area contributed by atoms with E-state index in [9.17, 15) is 0 Å². The van der Waals surface area contributed by atoms with Crippen molar-refractivity contribution in [2.75, 3.05) is 11.9 Å². The lowest BCUT2D eigenvalue weighted by atomic mass is 10.1. The Morgan fingerprint density at radius 3 is 2.77 bits per heavy atom. The number of hydrogen-bond acceptors (Lipinski definition) is 2. The van der Waals surface area contributed by atoms with E-state index in [1.165, 1.54) is 29.5 Å². The summed E-state index contributed by atoms with van der Waals surface area (Å²) in [6.45, 7) is 0.658. The minimum Gasteiger partial charge on any atom is -0.370 e. The minimum absolute atomic E-state index is 0.469. The van der Waals surface area contributed by atoms with E-state index in [0.717, 1.165) is 24.2 Å². The number of guanidine groups is 1. The molecule has 2 aromatic carbocycles. The summed E-state index contributed by atoms with van der Waals surface area (Å²) in [4.78, 5) is 4.45. The fourth-order valence-electron chi connectivity index (χ4n) is 3.38. The number of anilines is 1. The van der Waals surface area contributed by atoms with Crippen LogP contribution < -0.4 is 11.1 Å². The smallest absolute Gasteiger partial charge is 0.193 e. The molecular weight excluding hydrogens is 322 g/mol. The summed E-state index contributed by atoms with van der Waals surface area (Å²) in [5.74, 6) is 0.469. The molecule has 0 aliphatic heterocycles. The average molecular weight is 345 g/mol. The lowest BCUT2D eigenvalue weighted by molar-refractivity contribution is 0.877. The zero-order valence-electron chi connectivity index (χ0n) is 14.7. The summed E-state index contributed by atoms with van der Waals surface area (Å²) in [5, 5.41) is 7.43. The minimum atomic E-state index is 0.469. The lowest BCUT2D eigenvalue weighted by Crippen LogP contribution is -2.23. The van der Waals surface area contributed by atoms with Crippen molar-refractivity contribution in [3.8, 4) is 5.69 Å². The van der Waals surface area contributed by atoms with Crippen molar-refractivity contribution in [2.45, 2.75) is 25.7 Å². The Balaban J connectivity index is 1.31. The first-order chi connectivity index (χ1) is 12.8. The zero-order valence-corrected chi connectivity index (χ0v) is 14.7. The third-order valence-corrected chi connectivity index (χ3v) is 4.76. The Kier molecular flexibility index (Phi) is 4.69. The molecule has 0 saturated heterocycles. The maximum absolute atomic E-state index is 6.03. The van der Waals surface area contributed by atoms with Crippen molar-refractivity contribution < 1.29 is 0 Å². The number of fused-ring (bicyclic) bond motifs is 1. The molecule has 1 aliphatic carbocycles. The Morgan fingerprint density at radius 2 is 1.96 bits per heavy atom. The molecule has 0 fully saturated rings. The number of aliphatic imine (C=N–C) groups is 1. The second kappa shape index (κ2) is 7.44. The fourth-order valence-corrected chi connectivity index (χ4v) is 3.38. The quantitative estimate of drug-likeness (QED) is 0.550. The van der Waals surface area contributed by atoms with Crippen LogP contribution in [-0.2, 0) is 19.3 Å². The van der Waals surface area contributed by atoms with Crippen LogP contribution in [0.5, 0.6) is 0 Å². The number of aromatic nitrogens is 2. The van der Waals surface area contributed by atoms with Gasteiger partial charge >= 0.3 is 0 Å². The van der Waals surface area contributed by atoms with Gasteiger partial charge in [-0.2, -0.15) is 5.10 Å². The average Bonchev–Trinajstić information content (AvgIpc) is 3.34. The predicted molar refractivity (Wildman–Crippen MR) is 106 cm³/mol. The molecule has 26 heavy (non-hydrogen) atoms. The Hall–Kier alpha value is -3.08. The number of nitrogens with one attached hydrogen (secondary N) is 1. The zero-order chi connectivity index (χ0) is 17.8. The topological polar surface area (TPSA) is 68.2 Å². The van der Waals surface area contributed by atoms with Crippen molar-refractivity contribution in [3.63, 3.8) is 0 Å². The Bertz CT molecular complexity index is 895. The molecule has 0 amide bonds. The number of aryl methyl sites for hydroxylation is 2. The molecule has 3 N–H and O–H groups in total. The molecule has 132 valence electrons. The molecule has 0 atom stereocenters. The van der Waals surface area contributed by atoms with E-state index in [2.05, 4.69) is 57.9 Å². The lowest BCUT2D eigenvalue weighted by Gasteiger charge is -2.08. The van der Waals surface area contributed by atoms with Crippen LogP contribution in [0.3, 0.4) is 0 Å². The molecule has 1 heterocycles.